The topological polar surface area (TPSA) is 92.2 Å². The van der Waals surface area contributed by atoms with Crippen LogP contribution in [0.4, 0.5) is 0 Å². The fourth-order valence-electron chi connectivity index (χ4n) is 2.45. The van der Waals surface area contributed by atoms with Crippen LogP contribution >= 0.6 is 0 Å². The quantitative estimate of drug-likeness (QED) is 0.687. The van der Waals surface area contributed by atoms with Crippen LogP contribution < -0.4 is 10.0 Å². The molecular formula is C11H22N6O2S. The predicted octanol–water partition coefficient (Wildman–Crippen LogP) is -0.814. The highest BCUT2D eigenvalue weighted by atomic mass is 32.2. The average Bonchev–Trinajstić information content (AvgIpc) is 2.92. The smallest absolute Gasteiger partial charge is 0.279 e. The lowest BCUT2D eigenvalue weighted by atomic mass is 10.1. The van der Waals surface area contributed by atoms with Gasteiger partial charge in [0, 0.05) is 31.9 Å². The Kier molecular flexibility index (Phi) is 5.46. The summed E-state index contributed by atoms with van der Waals surface area (Å²) in [5.41, 5.74) is 0. The van der Waals surface area contributed by atoms with E-state index < -0.39 is 10.2 Å². The van der Waals surface area contributed by atoms with Gasteiger partial charge in [0.2, 0.25) is 0 Å². The van der Waals surface area contributed by atoms with E-state index in [0.717, 1.165) is 19.3 Å². The minimum Gasteiger partial charge on any atom is -0.318 e. The molecule has 0 bridgehead atoms. The molecule has 1 unspecified atom stereocenters. The summed E-state index contributed by atoms with van der Waals surface area (Å²) < 4.78 is 30.5. The van der Waals surface area contributed by atoms with Crippen LogP contribution in [0.2, 0.25) is 0 Å². The van der Waals surface area contributed by atoms with Crippen LogP contribution in [0.5, 0.6) is 0 Å². The Labute approximate surface area is 119 Å². The van der Waals surface area contributed by atoms with Gasteiger partial charge in [0.15, 0.2) is 0 Å². The Morgan fingerprint density at radius 1 is 1.40 bits per heavy atom. The Hall–Kier alpha value is -1.03. The molecule has 1 atom stereocenters. The molecule has 0 saturated carbocycles. The number of nitrogens with one attached hydrogen (secondary N) is 2. The second-order valence-corrected chi connectivity index (χ2v) is 6.59. The van der Waals surface area contributed by atoms with Gasteiger partial charge in [-0.05, 0) is 19.9 Å². The lowest BCUT2D eigenvalue weighted by Crippen LogP contribution is -2.52. The number of hydrogen-bond acceptors (Lipinski definition) is 5. The molecule has 1 fully saturated rings. The van der Waals surface area contributed by atoms with Gasteiger partial charge in [-0.3, -0.25) is 4.68 Å². The molecule has 0 amide bonds. The summed E-state index contributed by atoms with van der Waals surface area (Å²) in [7, 11) is -1.58. The van der Waals surface area contributed by atoms with Crippen molar-refractivity contribution in [3.63, 3.8) is 0 Å². The number of rotatable bonds is 7. The summed E-state index contributed by atoms with van der Waals surface area (Å²) in [5.74, 6) is 0. The first-order valence-corrected chi connectivity index (χ1v) is 8.32. The van der Waals surface area contributed by atoms with E-state index in [-0.39, 0.29) is 6.04 Å². The van der Waals surface area contributed by atoms with Gasteiger partial charge in [-0.25, -0.2) is 4.72 Å². The number of aromatic nitrogens is 3. The second kappa shape index (κ2) is 7.11. The summed E-state index contributed by atoms with van der Waals surface area (Å²) in [4.78, 5) is 0. The summed E-state index contributed by atoms with van der Waals surface area (Å²) in [6.45, 7) is 2.06. The molecule has 9 heteroatoms. The molecule has 0 spiro atoms. The fraction of sp³-hybridized carbons (Fsp3) is 0.818. The molecule has 2 rings (SSSR count). The van der Waals surface area contributed by atoms with Gasteiger partial charge in [-0.2, -0.15) is 12.7 Å². The van der Waals surface area contributed by atoms with Gasteiger partial charge in [-0.15, -0.1) is 5.10 Å². The lowest BCUT2D eigenvalue weighted by Gasteiger charge is -2.34. The highest BCUT2D eigenvalue weighted by molar-refractivity contribution is 7.87. The highest BCUT2D eigenvalue weighted by Crippen LogP contribution is 2.19. The Morgan fingerprint density at radius 2 is 2.25 bits per heavy atom. The van der Waals surface area contributed by atoms with E-state index in [4.69, 9.17) is 0 Å². The SMILES string of the molecule is CNCC1CCCCN1S(=O)(=O)NCCn1ccnn1. The minimum atomic E-state index is -3.43. The van der Waals surface area contributed by atoms with E-state index in [0.29, 0.717) is 26.2 Å². The molecule has 2 heterocycles. The molecular weight excluding hydrogens is 280 g/mol. The van der Waals surface area contributed by atoms with E-state index >= 15 is 0 Å². The van der Waals surface area contributed by atoms with Crippen molar-refractivity contribution in [2.45, 2.75) is 31.8 Å². The zero-order valence-electron chi connectivity index (χ0n) is 11.7. The number of nitrogens with zero attached hydrogens (tertiary/aromatic N) is 4. The molecule has 1 saturated heterocycles. The standard InChI is InChI=1S/C11H22N6O2S/c1-12-10-11-4-2-3-7-17(11)20(18,19)14-6-9-16-8-5-13-15-16/h5,8,11-12,14H,2-4,6-7,9-10H2,1H3. The molecule has 0 aromatic carbocycles. The largest absolute Gasteiger partial charge is 0.318 e. The summed E-state index contributed by atoms with van der Waals surface area (Å²) in [6, 6.07) is 0.0395. The van der Waals surface area contributed by atoms with Gasteiger partial charge in [-0.1, -0.05) is 11.6 Å². The summed E-state index contributed by atoms with van der Waals surface area (Å²) >= 11 is 0. The Balaban J connectivity index is 1.90. The van der Waals surface area contributed by atoms with Crippen molar-refractivity contribution in [1.29, 1.82) is 0 Å². The van der Waals surface area contributed by atoms with Crippen molar-refractivity contribution in [2.24, 2.45) is 0 Å². The van der Waals surface area contributed by atoms with Gasteiger partial charge in [0.1, 0.15) is 0 Å². The maximum absolute atomic E-state index is 12.3. The third-order valence-electron chi connectivity index (χ3n) is 3.42. The summed E-state index contributed by atoms with van der Waals surface area (Å²) in [5, 5.41) is 10.5. The van der Waals surface area contributed by atoms with Crippen LogP contribution in [0.25, 0.3) is 0 Å². The maximum atomic E-state index is 12.3. The predicted molar refractivity (Wildman–Crippen MR) is 75.2 cm³/mol. The van der Waals surface area contributed by atoms with Crippen molar-refractivity contribution < 1.29 is 8.42 Å². The summed E-state index contributed by atoms with van der Waals surface area (Å²) in [6.07, 6.45) is 6.19. The van der Waals surface area contributed by atoms with E-state index in [2.05, 4.69) is 20.4 Å². The van der Waals surface area contributed by atoms with Crippen molar-refractivity contribution in [1.82, 2.24) is 29.3 Å². The van der Waals surface area contributed by atoms with Crippen molar-refractivity contribution in [3.05, 3.63) is 12.4 Å². The molecule has 0 radical (unpaired) electrons. The first kappa shape index (κ1) is 15.4. The molecule has 20 heavy (non-hydrogen) atoms. The molecule has 1 aromatic heterocycles. The molecule has 2 N–H and O–H groups in total. The third kappa shape index (κ3) is 3.98. The van der Waals surface area contributed by atoms with Gasteiger partial charge >= 0.3 is 0 Å². The van der Waals surface area contributed by atoms with Crippen LogP contribution in [0.15, 0.2) is 12.4 Å². The van der Waals surface area contributed by atoms with Crippen LogP contribution in [0.1, 0.15) is 19.3 Å². The van der Waals surface area contributed by atoms with Gasteiger partial charge in [0.05, 0.1) is 12.7 Å². The van der Waals surface area contributed by atoms with Crippen LogP contribution in [0.3, 0.4) is 0 Å². The van der Waals surface area contributed by atoms with E-state index in [9.17, 15) is 8.42 Å². The van der Waals surface area contributed by atoms with E-state index in [1.807, 2.05) is 7.05 Å². The monoisotopic (exact) mass is 302 g/mol. The first-order chi connectivity index (χ1) is 9.63. The molecule has 8 nitrogen and oxygen atoms in total. The fourth-order valence-corrected chi connectivity index (χ4v) is 3.91. The minimum absolute atomic E-state index is 0.0395. The van der Waals surface area contributed by atoms with Gasteiger partial charge < -0.3 is 5.32 Å². The maximum Gasteiger partial charge on any atom is 0.279 e. The lowest BCUT2D eigenvalue weighted by molar-refractivity contribution is 0.246. The molecule has 1 aromatic rings. The Morgan fingerprint density at radius 3 is 2.95 bits per heavy atom. The average molecular weight is 302 g/mol. The zero-order valence-corrected chi connectivity index (χ0v) is 12.5. The molecule has 0 aliphatic carbocycles. The van der Waals surface area contributed by atoms with Crippen LogP contribution in [0, 0.1) is 0 Å². The van der Waals surface area contributed by atoms with Crippen LogP contribution in [-0.2, 0) is 16.8 Å². The van der Waals surface area contributed by atoms with Crippen molar-refractivity contribution in [2.75, 3.05) is 26.7 Å². The van der Waals surface area contributed by atoms with Crippen LogP contribution in [-0.4, -0.2) is 60.4 Å². The van der Waals surface area contributed by atoms with Crippen molar-refractivity contribution in [3.8, 4) is 0 Å². The molecule has 1 aliphatic heterocycles. The van der Waals surface area contributed by atoms with Crippen molar-refractivity contribution >= 4 is 10.2 Å². The number of likely N-dealkylation sites (N-methyl/N-ethyl adjacent to an activating group) is 1. The normalized spacial score (nSPS) is 21.1. The highest BCUT2D eigenvalue weighted by Gasteiger charge is 2.31. The first-order valence-electron chi connectivity index (χ1n) is 6.88. The second-order valence-electron chi connectivity index (χ2n) is 4.88. The van der Waals surface area contributed by atoms with E-state index in [1.54, 1.807) is 21.4 Å². The third-order valence-corrected chi connectivity index (χ3v) is 5.09. The molecule has 1 aliphatic rings. The number of hydrogen-bond donors (Lipinski definition) is 2. The molecule has 114 valence electrons. The Bertz CT molecular complexity index is 487. The van der Waals surface area contributed by atoms with E-state index in [1.165, 1.54) is 0 Å². The number of piperidine rings is 1. The zero-order chi connectivity index (χ0) is 14.4. The van der Waals surface area contributed by atoms with Gasteiger partial charge in [0.25, 0.3) is 10.2 Å².